The molecule has 108 valence electrons. The number of carboxylic acid groups (broad SMARTS) is 1. The SMILES string of the molecule is CC(C)(NCc1cn2cccnc2n1)C(C)(C)C(=O)O. The van der Waals surface area contributed by atoms with Crippen LogP contribution in [0.1, 0.15) is 33.4 Å². The highest BCUT2D eigenvalue weighted by Crippen LogP contribution is 2.30. The van der Waals surface area contributed by atoms with Gasteiger partial charge in [0, 0.05) is 30.7 Å². The van der Waals surface area contributed by atoms with E-state index >= 15 is 0 Å². The first kappa shape index (κ1) is 14.5. The normalized spacial score (nSPS) is 12.8. The predicted molar refractivity (Wildman–Crippen MR) is 75.3 cm³/mol. The molecule has 0 aromatic carbocycles. The van der Waals surface area contributed by atoms with Crippen molar-refractivity contribution in [2.24, 2.45) is 5.41 Å². The molecule has 0 radical (unpaired) electrons. The van der Waals surface area contributed by atoms with Gasteiger partial charge in [0.05, 0.1) is 11.1 Å². The molecule has 2 rings (SSSR count). The van der Waals surface area contributed by atoms with Gasteiger partial charge in [-0.1, -0.05) is 0 Å². The summed E-state index contributed by atoms with van der Waals surface area (Å²) in [4.78, 5) is 19.9. The van der Waals surface area contributed by atoms with Gasteiger partial charge in [-0.05, 0) is 33.8 Å². The molecule has 0 saturated heterocycles. The number of imidazole rings is 1. The maximum atomic E-state index is 11.4. The first-order chi connectivity index (χ1) is 9.24. The molecule has 0 bridgehead atoms. The predicted octanol–water partition coefficient (Wildman–Crippen LogP) is 1.71. The average Bonchev–Trinajstić information content (AvgIpc) is 2.78. The Morgan fingerprint density at radius 2 is 2.10 bits per heavy atom. The van der Waals surface area contributed by atoms with Gasteiger partial charge < -0.3 is 10.4 Å². The molecule has 0 atom stereocenters. The first-order valence-corrected chi connectivity index (χ1v) is 6.51. The van der Waals surface area contributed by atoms with Crippen LogP contribution in [0, 0.1) is 5.41 Å². The number of aromatic nitrogens is 3. The number of hydrogen-bond acceptors (Lipinski definition) is 4. The number of fused-ring (bicyclic) bond motifs is 1. The average molecular weight is 276 g/mol. The molecule has 6 nitrogen and oxygen atoms in total. The van der Waals surface area contributed by atoms with E-state index in [2.05, 4.69) is 15.3 Å². The van der Waals surface area contributed by atoms with E-state index in [1.165, 1.54) is 0 Å². The van der Waals surface area contributed by atoms with Crippen molar-refractivity contribution in [3.8, 4) is 0 Å². The van der Waals surface area contributed by atoms with Gasteiger partial charge in [0.2, 0.25) is 5.78 Å². The minimum atomic E-state index is -0.885. The van der Waals surface area contributed by atoms with E-state index in [-0.39, 0.29) is 0 Å². The molecule has 2 aromatic rings. The molecule has 0 aliphatic rings. The van der Waals surface area contributed by atoms with Crippen LogP contribution in [-0.4, -0.2) is 31.0 Å². The minimum absolute atomic E-state index is 0.493. The third kappa shape index (κ3) is 2.51. The lowest BCUT2D eigenvalue weighted by molar-refractivity contribution is -0.151. The zero-order chi connectivity index (χ0) is 15.0. The van der Waals surface area contributed by atoms with E-state index in [0.29, 0.717) is 12.3 Å². The third-order valence-corrected chi connectivity index (χ3v) is 4.09. The summed E-state index contributed by atoms with van der Waals surface area (Å²) in [6, 6.07) is 1.84. The van der Waals surface area contributed by atoms with E-state index in [9.17, 15) is 9.90 Å². The topological polar surface area (TPSA) is 79.5 Å². The molecule has 0 amide bonds. The summed E-state index contributed by atoms with van der Waals surface area (Å²) >= 11 is 0. The molecule has 0 saturated carbocycles. The highest BCUT2D eigenvalue weighted by Gasteiger charge is 2.43. The quantitative estimate of drug-likeness (QED) is 0.869. The summed E-state index contributed by atoms with van der Waals surface area (Å²) in [5.41, 5.74) is -0.620. The molecule has 0 aliphatic carbocycles. The van der Waals surface area contributed by atoms with Gasteiger partial charge in [-0.25, -0.2) is 9.97 Å². The van der Waals surface area contributed by atoms with Crippen molar-refractivity contribution in [2.75, 3.05) is 0 Å². The Labute approximate surface area is 117 Å². The van der Waals surface area contributed by atoms with Crippen molar-refractivity contribution < 1.29 is 9.90 Å². The van der Waals surface area contributed by atoms with E-state index < -0.39 is 16.9 Å². The molecular weight excluding hydrogens is 256 g/mol. The minimum Gasteiger partial charge on any atom is -0.481 e. The van der Waals surface area contributed by atoms with Gasteiger partial charge in [-0.2, -0.15) is 0 Å². The summed E-state index contributed by atoms with van der Waals surface area (Å²) in [7, 11) is 0. The zero-order valence-corrected chi connectivity index (χ0v) is 12.2. The summed E-state index contributed by atoms with van der Waals surface area (Å²) in [5.74, 6) is -0.189. The number of rotatable bonds is 5. The van der Waals surface area contributed by atoms with Crippen LogP contribution in [0.2, 0.25) is 0 Å². The fraction of sp³-hybridized carbons (Fsp3) is 0.500. The molecule has 2 N–H and O–H groups in total. The van der Waals surface area contributed by atoms with E-state index in [1.807, 2.05) is 36.7 Å². The number of hydrogen-bond donors (Lipinski definition) is 2. The van der Waals surface area contributed by atoms with Crippen molar-refractivity contribution in [3.63, 3.8) is 0 Å². The highest BCUT2D eigenvalue weighted by molar-refractivity contribution is 5.75. The second kappa shape index (κ2) is 4.86. The van der Waals surface area contributed by atoms with Gasteiger partial charge in [0.15, 0.2) is 0 Å². The second-order valence-corrected chi connectivity index (χ2v) is 5.97. The maximum Gasteiger partial charge on any atom is 0.310 e. The van der Waals surface area contributed by atoms with E-state index in [0.717, 1.165) is 5.69 Å². The summed E-state index contributed by atoms with van der Waals surface area (Å²) in [6.07, 6.45) is 5.46. The Morgan fingerprint density at radius 3 is 2.70 bits per heavy atom. The number of carbonyl (C=O) groups is 1. The van der Waals surface area contributed by atoms with Crippen LogP contribution in [0.5, 0.6) is 0 Å². The van der Waals surface area contributed by atoms with Crippen LogP contribution in [0.4, 0.5) is 0 Å². The smallest absolute Gasteiger partial charge is 0.310 e. The molecule has 0 aliphatic heterocycles. The van der Waals surface area contributed by atoms with Crippen LogP contribution < -0.4 is 5.32 Å². The Bertz CT molecular complexity index is 598. The molecular formula is C14H20N4O2. The molecule has 2 aromatic heterocycles. The Kier molecular flexibility index (Phi) is 3.52. The monoisotopic (exact) mass is 276 g/mol. The van der Waals surface area contributed by atoms with Crippen LogP contribution in [0.15, 0.2) is 24.7 Å². The second-order valence-electron chi connectivity index (χ2n) is 5.97. The van der Waals surface area contributed by atoms with Crippen LogP contribution in [0.25, 0.3) is 5.78 Å². The van der Waals surface area contributed by atoms with Gasteiger partial charge in [0.1, 0.15) is 0 Å². The van der Waals surface area contributed by atoms with Crippen LogP contribution >= 0.6 is 0 Å². The summed E-state index contributed by atoms with van der Waals surface area (Å²) < 4.78 is 1.84. The lowest BCUT2D eigenvalue weighted by atomic mass is 9.74. The number of aliphatic carboxylic acids is 1. The van der Waals surface area contributed by atoms with Crippen molar-refractivity contribution in [1.82, 2.24) is 19.7 Å². The fourth-order valence-electron chi connectivity index (χ4n) is 1.76. The van der Waals surface area contributed by atoms with Crippen molar-refractivity contribution >= 4 is 11.7 Å². The van der Waals surface area contributed by atoms with Gasteiger partial charge >= 0.3 is 5.97 Å². The Morgan fingerprint density at radius 1 is 1.40 bits per heavy atom. The molecule has 0 fully saturated rings. The summed E-state index contributed by atoms with van der Waals surface area (Å²) in [6.45, 7) is 7.69. The van der Waals surface area contributed by atoms with Crippen molar-refractivity contribution in [2.45, 2.75) is 39.8 Å². The maximum absolute atomic E-state index is 11.4. The molecule has 6 heteroatoms. The number of nitrogens with zero attached hydrogens (tertiary/aromatic N) is 3. The number of nitrogens with one attached hydrogen (secondary N) is 1. The fourth-order valence-corrected chi connectivity index (χ4v) is 1.76. The van der Waals surface area contributed by atoms with Crippen molar-refractivity contribution in [3.05, 3.63) is 30.4 Å². The van der Waals surface area contributed by atoms with E-state index in [4.69, 9.17) is 0 Å². The van der Waals surface area contributed by atoms with Gasteiger partial charge in [0.25, 0.3) is 0 Å². The van der Waals surface area contributed by atoms with Crippen LogP contribution in [-0.2, 0) is 11.3 Å². The standard InChI is InChI=1S/C14H20N4O2/c1-13(2,11(19)20)14(3,4)16-8-10-9-18-7-5-6-15-12(18)17-10/h5-7,9,16H,8H2,1-4H3,(H,19,20). The molecule has 20 heavy (non-hydrogen) atoms. The van der Waals surface area contributed by atoms with Crippen molar-refractivity contribution in [1.29, 1.82) is 0 Å². The molecule has 0 unspecified atom stereocenters. The molecule has 2 heterocycles. The summed E-state index contributed by atoms with van der Waals surface area (Å²) in [5, 5.41) is 12.6. The lowest BCUT2D eigenvalue weighted by Crippen LogP contribution is -2.54. The first-order valence-electron chi connectivity index (χ1n) is 6.51. The van der Waals surface area contributed by atoms with Crippen LogP contribution in [0.3, 0.4) is 0 Å². The van der Waals surface area contributed by atoms with Gasteiger partial charge in [-0.15, -0.1) is 0 Å². The van der Waals surface area contributed by atoms with E-state index in [1.54, 1.807) is 20.0 Å². The zero-order valence-electron chi connectivity index (χ0n) is 12.2. The Balaban J connectivity index is 2.13. The Hall–Kier alpha value is -1.95. The highest BCUT2D eigenvalue weighted by atomic mass is 16.4. The largest absolute Gasteiger partial charge is 0.481 e. The lowest BCUT2D eigenvalue weighted by Gasteiger charge is -2.38. The third-order valence-electron chi connectivity index (χ3n) is 4.09. The molecule has 0 spiro atoms. The van der Waals surface area contributed by atoms with Gasteiger partial charge in [-0.3, -0.25) is 9.20 Å². The number of carboxylic acids is 1.